The van der Waals surface area contributed by atoms with Gasteiger partial charge in [0.25, 0.3) is 0 Å². The Morgan fingerprint density at radius 3 is 2.41 bits per heavy atom. The average molecular weight is 402 g/mol. The number of hydrogen-bond donors (Lipinski definition) is 4. The number of nitrogens with one attached hydrogen (secondary N) is 4. The SMILES string of the molecule is CC1NC(n2nc(C(C)(C)C)cc2NC(=O)Nc2ccc(F)cc2)NC(=O)C1C. The first-order chi connectivity index (χ1) is 13.5. The highest BCUT2D eigenvalue weighted by Crippen LogP contribution is 2.27. The van der Waals surface area contributed by atoms with Crippen molar-refractivity contribution in [3.05, 3.63) is 41.8 Å². The van der Waals surface area contributed by atoms with Crippen LogP contribution in [0.15, 0.2) is 30.3 Å². The van der Waals surface area contributed by atoms with E-state index in [0.29, 0.717) is 11.5 Å². The van der Waals surface area contributed by atoms with E-state index in [2.05, 4.69) is 26.4 Å². The molecule has 29 heavy (non-hydrogen) atoms. The second kappa shape index (κ2) is 7.82. The van der Waals surface area contributed by atoms with Crippen LogP contribution in [0, 0.1) is 11.7 Å². The molecule has 0 bridgehead atoms. The number of rotatable bonds is 3. The van der Waals surface area contributed by atoms with E-state index in [4.69, 9.17) is 0 Å². The molecule has 2 aromatic rings. The van der Waals surface area contributed by atoms with Crippen molar-refractivity contribution in [1.82, 2.24) is 20.4 Å². The van der Waals surface area contributed by atoms with Gasteiger partial charge in [0.1, 0.15) is 11.6 Å². The third kappa shape index (κ3) is 4.73. The Balaban J connectivity index is 1.85. The standard InChI is InChI=1S/C20H27FN6O2/c1-11-12(2)22-18(25-17(11)28)27-16(10-15(26-27)20(3,4)5)24-19(29)23-14-8-6-13(21)7-9-14/h6-12,18,22H,1-5H3,(H,25,28)(H2,23,24,29). The van der Waals surface area contributed by atoms with Crippen molar-refractivity contribution in [2.45, 2.75) is 52.4 Å². The smallest absolute Gasteiger partial charge is 0.322 e. The van der Waals surface area contributed by atoms with Crippen molar-refractivity contribution in [1.29, 1.82) is 0 Å². The van der Waals surface area contributed by atoms with E-state index in [0.717, 1.165) is 5.69 Å². The average Bonchev–Trinajstić information content (AvgIpc) is 3.05. The Kier molecular flexibility index (Phi) is 5.61. The maximum absolute atomic E-state index is 13.1. The van der Waals surface area contributed by atoms with Crippen molar-refractivity contribution < 1.29 is 14.0 Å². The number of urea groups is 1. The number of amides is 3. The van der Waals surface area contributed by atoms with Gasteiger partial charge >= 0.3 is 6.03 Å². The van der Waals surface area contributed by atoms with Crippen LogP contribution in [0.2, 0.25) is 0 Å². The minimum atomic E-state index is -0.592. The Labute approximate surface area is 169 Å². The molecule has 0 aliphatic carbocycles. The number of aromatic nitrogens is 2. The van der Waals surface area contributed by atoms with Crippen LogP contribution in [0.25, 0.3) is 0 Å². The van der Waals surface area contributed by atoms with Gasteiger partial charge in [-0.15, -0.1) is 0 Å². The van der Waals surface area contributed by atoms with Gasteiger partial charge in [-0.2, -0.15) is 5.10 Å². The van der Waals surface area contributed by atoms with E-state index in [1.165, 1.54) is 24.3 Å². The van der Waals surface area contributed by atoms with E-state index in [9.17, 15) is 14.0 Å². The summed E-state index contributed by atoms with van der Waals surface area (Å²) >= 11 is 0. The van der Waals surface area contributed by atoms with Crippen LogP contribution in [0.1, 0.15) is 46.6 Å². The van der Waals surface area contributed by atoms with Crippen molar-refractivity contribution >= 4 is 23.4 Å². The molecule has 1 aliphatic rings. The van der Waals surface area contributed by atoms with E-state index >= 15 is 0 Å². The fourth-order valence-corrected chi connectivity index (χ4v) is 2.92. The van der Waals surface area contributed by atoms with Gasteiger partial charge in [-0.3, -0.25) is 15.4 Å². The zero-order valence-corrected chi connectivity index (χ0v) is 17.2. The highest BCUT2D eigenvalue weighted by molar-refractivity contribution is 5.99. The Morgan fingerprint density at radius 1 is 1.17 bits per heavy atom. The molecule has 2 heterocycles. The molecule has 1 saturated heterocycles. The van der Waals surface area contributed by atoms with E-state index in [1.54, 1.807) is 10.7 Å². The van der Waals surface area contributed by atoms with Gasteiger partial charge in [-0.1, -0.05) is 27.7 Å². The second-order valence-electron chi connectivity index (χ2n) is 8.35. The van der Waals surface area contributed by atoms with Crippen molar-refractivity contribution in [2.75, 3.05) is 10.6 Å². The molecule has 3 unspecified atom stereocenters. The molecule has 1 fully saturated rings. The number of nitrogens with zero attached hydrogens (tertiary/aromatic N) is 2. The molecule has 3 amide bonds. The molecule has 4 N–H and O–H groups in total. The summed E-state index contributed by atoms with van der Waals surface area (Å²) in [5.41, 5.74) is 0.960. The number of halogens is 1. The maximum atomic E-state index is 13.1. The van der Waals surface area contributed by atoms with Crippen LogP contribution in [-0.4, -0.2) is 27.8 Å². The molecule has 8 nitrogen and oxygen atoms in total. The summed E-state index contributed by atoms with van der Waals surface area (Å²) in [6.45, 7) is 9.82. The first-order valence-electron chi connectivity index (χ1n) is 9.54. The largest absolute Gasteiger partial charge is 0.324 e. The third-order valence-electron chi connectivity index (χ3n) is 4.96. The van der Waals surface area contributed by atoms with Crippen molar-refractivity contribution in [3.63, 3.8) is 0 Å². The van der Waals surface area contributed by atoms with Gasteiger partial charge < -0.3 is 10.6 Å². The number of carbonyl (C=O) groups excluding carboxylic acids is 2. The third-order valence-corrected chi connectivity index (χ3v) is 4.96. The molecule has 0 saturated carbocycles. The van der Waals surface area contributed by atoms with Crippen molar-refractivity contribution in [2.24, 2.45) is 5.92 Å². The lowest BCUT2D eigenvalue weighted by atomic mass is 9.92. The van der Waals surface area contributed by atoms with Gasteiger partial charge in [-0.05, 0) is 31.2 Å². The fourth-order valence-electron chi connectivity index (χ4n) is 2.92. The lowest BCUT2D eigenvalue weighted by molar-refractivity contribution is -0.130. The summed E-state index contributed by atoms with van der Waals surface area (Å²) in [5.74, 6) is -0.224. The molecule has 3 atom stereocenters. The fraction of sp³-hybridized carbons (Fsp3) is 0.450. The molecular weight excluding hydrogens is 375 g/mol. The molecule has 3 rings (SSSR count). The summed E-state index contributed by atoms with van der Waals surface area (Å²) in [4.78, 5) is 24.7. The first-order valence-corrected chi connectivity index (χ1v) is 9.54. The van der Waals surface area contributed by atoms with Crippen LogP contribution < -0.4 is 21.3 Å². The number of anilines is 2. The van der Waals surface area contributed by atoms with E-state index in [1.807, 2.05) is 34.6 Å². The van der Waals surface area contributed by atoms with E-state index < -0.39 is 12.3 Å². The number of carbonyl (C=O) groups is 2. The lowest BCUT2D eigenvalue weighted by Crippen LogP contribution is -2.57. The monoisotopic (exact) mass is 402 g/mol. The van der Waals surface area contributed by atoms with Crippen molar-refractivity contribution in [3.8, 4) is 0 Å². The van der Waals surface area contributed by atoms with E-state index in [-0.39, 0.29) is 29.1 Å². The minimum absolute atomic E-state index is 0.0584. The quantitative estimate of drug-likeness (QED) is 0.634. The summed E-state index contributed by atoms with van der Waals surface area (Å²) in [6, 6.07) is 6.69. The van der Waals surface area contributed by atoms with Gasteiger partial charge in [0.15, 0.2) is 6.29 Å². The van der Waals surface area contributed by atoms with Gasteiger partial charge in [0.05, 0.1) is 11.6 Å². The van der Waals surface area contributed by atoms with Crippen LogP contribution >= 0.6 is 0 Å². The Hall–Kier alpha value is -2.94. The topological polar surface area (TPSA) is 100 Å². The van der Waals surface area contributed by atoms with Crippen LogP contribution in [0.3, 0.4) is 0 Å². The second-order valence-corrected chi connectivity index (χ2v) is 8.35. The Morgan fingerprint density at radius 2 is 1.83 bits per heavy atom. The summed E-state index contributed by atoms with van der Waals surface area (Å²) in [6.07, 6.45) is -0.592. The number of benzene rings is 1. The van der Waals surface area contributed by atoms with Gasteiger partial charge in [0, 0.05) is 23.2 Å². The molecular formula is C20H27FN6O2. The molecule has 1 aliphatic heterocycles. The Bertz CT molecular complexity index is 903. The molecule has 9 heteroatoms. The molecule has 1 aromatic carbocycles. The van der Waals surface area contributed by atoms with Crippen LogP contribution in [0.4, 0.5) is 20.7 Å². The molecule has 156 valence electrons. The molecule has 0 spiro atoms. The van der Waals surface area contributed by atoms with Gasteiger partial charge in [-0.25, -0.2) is 13.9 Å². The predicted molar refractivity (Wildman–Crippen MR) is 109 cm³/mol. The summed E-state index contributed by atoms with van der Waals surface area (Å²) < 4.78 is 14.6. The zero-order valence-electron chi connectivity index (χ0n) is 17.2. The minimum Gasteiger partial charge on any atom is -0.322 e. The number of hydrogen-bond acceptors (Lipinski definition) is 4. The molecule has 0 radical (unpaired) electrons. The van der Waals surface area contributed by atoms with Crippen LogP contribution in [0.5, 0.6) is 0 Å². The van der Waals surface area contributed by atoms with Gasteiger partial charge in [0.2, 0.25) is 5.91 Å². The summed E-state index contributed by atoms with van der Waals surface area (Å²) in [7, 11) is 0. The molecule has 1 aromatic heterocycles. The zero-order chi connectivity index (χ0) is 21.3. The normalized spacial score (nSPS) is 22.1. The summed E-state index contributed by atoms with van der Waals surface area (Å²) in [5, 5.41) is 16.2. The maximum Gasteiger partial charge on any atom is 0.324 e. The predicted octanol–water partition coefficient (Wildman–Crippen LogP) is 3.16. The lowest BCUT2D eigenvalue weighted by Gasteiger charge is -2.34. The van der Waals surface area contributed by atoms with Crippen LogP contribution in [-0.2, 0) is 10.2 Å². The first kappa shape index (κ1) is 20.8. The highest BCUT2D eigenvalue weighted by Gasteiger charge is 2.33. The highest BCUT2D eigenvalue weighted by atomic mass is 19.1.